The van der Waals surface area contributed by atoms with Gasteiger partial charge in [0.05, 0.1) is 0 Å². The van der Waals surface area contributed by atoms with Crippen LogP contribution in [0.15, 0.2) is 0 Å². The lowest BCUT2D eigenvalue weighted by Crippen LogP contribution is -2.32. The van der Waals surface area contributed by atoms with Crippen LogP contribution in [0.1, 0.15) is 51.4 Å². The molecule has 0 aromatic heterocycles. The number of rotatable bonds is 3. The number of nitrogens with two attached hydrogens (primary N) is 1. The van der Waals surface area contributed by atoms with Crippen LogP contribution in [0.3, 0.4) is 0 Å². The van der Waals surface area contributed by atoms with Gasteiger partial charge in [-0.2, -0.15) is 0 Å². The predicted molar refractivity (Wildman–Crippen MR) is 65.0 cm³/mol. The van der Waals surface area contributed by atoms with Crippen molar-refractivity contribution in [1.82, 2.24) is 4.90 Å². The second-order valence-corrected chi connectivity index (χ2v) is 5.43. The number of likely N-dealkylation sites (tertiary alicyclic amines) is 1. The summed E-state index contributed by atoms with van der Waals surface area (Å²) >= 11 is 0. The fraction of sp³-hybridized carbons (Fsp3) is 0.923. The Balaban J connectivity index is 1.67. The van der Waals surface area contributed by atoms with E-state index in [1.54, 1.807) is 0 Å². The second kappa shape index (κ2) is 5.67. The number of nitrogens with zero attached hydrogens (tertiary/aromatic N) is 1. The van der Waals surface area contributed by atoms with E-state index in [-0.39, 0.29) is 6.04 Å². The average molecular weight is 224 g/mol. The van der Waals surface area contributed by atoms with Gasteiger partial charge in [-0.3, -0.25) is 4.79 Å². The molecule has 16 heavy (non-hydrogen) atoms. The molecule has 1 atom stereocenters. The fourth-order valence-electron chi connectivity index (χ4n) is 2.98. The Labute approximate surface area is 98.4 Å². The Morgan fingerprint density at radius 1 is 1.19 bits per heavy atom. The highest BCUT2D eigenvalue weighted by Crippen LogP contribution is 2.27. The van der Waals surface area contributed by atoms with Crippen LogP contribution < -0.4 is 5.73 Å². The topological polar surface area (TPSA) is 46.3 Å². The van der Waals surface area contributed by atoms with Crippen molar-refractivity contribution < 1.29 is 4.79 Å². The molecular formula is C13H24N2O. The summed E-state index contributed by atoms with van der Waals surface area (Å²) in [6.45, 7) is 1.66. The van der Waals surface area contributed by atoms with Crippen LogP contribution in [0.25, 0.3) is 0 Å². The number of hydrogen-bond donors (Lipinski definition) is 1. The van der Waals surface area contributed by atoms with Crippen molar-refractivity contribution in [2.45, 2.75) is 57.4 Å². The van der Waals surface area contributed by atoms with E-state index in [0.29, 0.717) is 5.91 Å². The number of amides is 1. The van der Waals surface area contributed by atoms with E-state index in [1.807, 2.05) is 4.90 Å². The smallest absolute Gasteiger partial charge is 0.222 e. The van der Waals surface area contributed by atoms with Crippen molar-refractivity contribution >= 4 is 5.91 Å². The maximum absolute atomic E-state index is 11.9. The third kappa shape index (κ3) is 3.21. The van der Waals surface area contributed by atoms with Crippen molar-refractivity contribution in [1.29, 1.82) is 0 Å². The van der Waals surface area contributed by atoms with Crippen LogP contribution >= 0.6 is 0 Å². The van der Waals surface area contributed by atoms with Crippen molar-refractivity contribution in [3.63, 3.8) is 0 Å². The number of hydrogen-bond acceptors (Lipinski definition) is 2. The van der Waals surface area contributed by atoms with Crippen LogP contribution in [-0.2, 0) is 4.79 Å². The van der Waals surface area contributed by atoms with Gasteiger partial charge in [-0.25, -0.2) is 0 Å². The standard InChI is InChI=1S/C13H24N2O/c14-12-8-9-15(10-12)13(16)7-6-11-4-2-1-3-5-11/h11-12H,1-10,14H2. The maximum atomic E-state index is 11.9. The van der Waals surface area contributed by atoms with E-state index in [0.717, 1.165) is 38.3 Å². The molecule has 1 heterocycles. The van der Waals surface area contributed by atoms with Crippen LogP contribution in [0.5, 0.6) is 0 Å². The van der Waals surface area contributed by atoms with Gasteiger partial charge in [-0.15, -0.1) is 0 Å². The molecule has 1 amide bonds. The van der Waals surface area contributed by atoms with E-state index < -0.39 is 0 Å². The average Bonchev–Trinajstić information content (AvgIpc) is 2.74. The molecule has 2 rings (SSSR count). The van der Waals surface area contributed by atoms with Crippen molar-refractivity contribution in [3.8, 4) is 0 Å². The molecule has 0 bridgehead atoms. The summed E-state index contributed by atoms with van der Waals surface area (Å²) in [5.41, 5.74) is 5.81. The Kier molecular flexibility index (Phi) is 4.22. The zero-order chi connectivity index (χ0) is 11.4. The van der Waals surface area contributed by atoms with E-state index in [2.05, 4.69) is 0 Å². The molecule has 2 fully saturated rings. The van der Waals surface area contributed by atoms with Gasteiger partial charge in [0.1, 0.15) is 0 Å². The lowest BCUT2D eigenvalue weighted by atomic mass is 9.86. The normalized spacial score (nSPS) is 27.3. The summed E-state index contributed by atoms with van der Waals surface area (Å²) in [4.78, 5) is 13.9. The molecule has 1 aliphatic carbocycles. The van der Waals surface area contributed by atoms with E-state index in [1.165, 1.54) is 32.1 Å². The van der Waals surface area contributed by atoms with Crippen molar-refractivity contribution in [3.05, 3.63) is 0 Å². The number of carbonyl (C=O) groups is 1. The van der Waals surface area contributed by atoms with Crippen LogP contribution in [-0.4, -0.2) is 29.9 Å². The SMILES string of the molecule is NC1CCN(C(=O)CCC2CCCCC2)C1. The summed E-state index contributed by atoms with van der Waals surface area (Å²) in [6.07, 6.45) is 9.64. The van der Waals surface area contributed by atoms with Crippen LogP contribution in [0.4, 0.5) is 0 Å². The first-order chi connectivity index (χ1) is 7.75. The summed E-state index contributed by atoms with van der Waals surface area (Å²) in [7, 11) is 0. The molecule has 0 radical (unpaired) electrons. The molecule has 0 spiro atoms. The first kappa shape index (κ1) is 11.9. The number of carbonyl (C=O) groups excluding carboxylic acids is 1. The fourth-order valence-corrected chi connectivity index (χ4v) is 2.98. The molecular weight excluding hydrogens is 200 g/mol. The molecule has 1 unspecified atom stereocenters. The third-order valence-electron chi connectivity index (χ3n) is 4.07. The van der Waals surface area contributed by atoms with Crippen LogP contribution in [0.2, 0.25) is 0 Å². The van der Waals surface area contributed by atoms with Gasteiger partial charge in [0.2, 0.25) is 5.91 Å². The molecule has 3 heteroatoms. The molecule has 1 aliphatic heterocycles. The molecule has 1 saturated heterocycles. The minimum absolute atomic E-state index is 0.221. The zero-order valence-electron chi connectivity index (χ0n) is 10.2. The molecule has 0 aromatic rings. The van der Waals surface area contributed by atoms with E-state index >= 15 is 0 Å². The Morgan fingerprint density at radius 3 is 2.56 bits per heavy atom. The molecule has 92 valence electrons. The quantitative estimate of drug-likeness (QED) is 0.796. The first-order valence-electron chi connectivity index (χ1n) is 6.79. The summed E-state index contributed by atoms with van der Waals surface area (Å²) in [5, 5.41) is 0. The monoisotopic (exact) mass is 224 g/mol. The highest BCUT2D eigenvalue weighted by molar-refractivity contribution is 5.76. The minimum atomic E-state index is 0.221. The lowest BCUT2D eigenvalue weighted by molar-refractivity contribution is -0.130. The summed E-state index contributed by atoms with van der Waals surface area (Å²) in [5.74, 6) is 1.15. The van der Waals surface area contributed by atoms with Gasteiger partial charge in [-0.1, -0.05) is 32.1 Å². The highest BCUT2D eigenvalue weighted by atomic mass is 16.2. The first-order valence-corrected chi connectivity index (χ1v) is 6.79. The van der Waals surface area contributed by atoms with Gasteiger partial charge < -0.3 is 10.6 Å². The maximum Gasteiger partial charge on any atom is 0.222 e. The van der Waals surface area contributed by atoms with Gasteiger partial charge in [-0.05, 0) is 18.8 Å². The van der Waals surface area contributed by atoms with Crippen molar-refractivity contribution in [2.24, 2.45) is 11.7 Å². The van der Waals surface area contributed by atoms with Gasteiger partial charge >= 0.3 is 0 Å². The van der Waals surface area contributed by atoms with E-state index in [4.69, 9.17) is 5.73 Å². The highest BCUT2D eigenvalue weighted by Gasteiger charge is 2.24. The Morgan fingerprint density at radius 2 is 1.94 bits per heavy atom. The van der Waals surface area contributed by atoms with Crippen molar-refractivity contribution in [2.75, 3.05) is 13.1 Å². The molecule has 2 N–H and O–H groups in total. The Hall–Kier alpha value is -0.570. The minimum Gasteiger partial charge on any atom is -0.341 e. The molecule has 1 saturated carbocycles. The third-order valence-corrected chi connectivity index (χ3v) is 4.07. The predicted octanol–water partition coefficient (Wildman–Crippen LogP) is 1.91. The van der Waals surface area contributed by atoms with Gasteiger partial charge in [0, 0.05) is 25.6 Å². The largest absolute Gasteiger partial charge is 0.341 e. The summed E-state index contributed by atoms with van der Waals surface area (Å²) < 4.78 is 0. The molecule has 0 aromatic carbocycles. The zero-order valence-corrected chi connectivity index (χ0v) is 10.2. The molecule has 2 aliphatic rings. The van der Waals surface area contributed by atoms with Crippen LogP contribution in [0, 0.1) is 5.92 Å². The second-order valence-electron chi connectivity index (χ2n) is 5.43. The molecule has 3 nitrogen and oxygen atoms in total. The van der Waals surface area contributed by atoms with E-state index in [9.17, 15) is 4.79 Å². The van der Waals surface area contributed by atoms with Gasteiger partial charge in [0.15, 0.2) is 0 Å². The lowest BCUT2D eigenvalue weighted by Gasteiger charge is -2.22. The Bertz CT molecular complexity index is 236. The van der Waals surface area contributed by atoms with Gasteiger partial charge in [0.25, 0.3) is 0 Å². The summed E-state index contributed by atoms with van der Waals surface area (Å²) in [6, 6.07) is 0.221.